The van der Waals surface area contributed by atoms with E-state index < -0.39 is 0 Å². The summed E-state index contributed by atoms with van der Waals surface area (Å²) in [4.78, 5) is 12.5. The molecule has 1 saturated carbocycles. The maximum absolute atomic E-state index is 6.21. The zero-order valence-corrected chi connectivity index (χ0v) is 14.3. The number of pyridine rings is 1. The topological polar surface area (TPSA) is 53.6 Å². The minimum atomic E-state index is 0.00843. The van der Waals surface area contributed by atoms with Gasteiger partial charge in [-0.15, -0.1) is 0 Å². The van der Waals surface area contributed by atoms with E-state index in [0.717, 1.165) is 40.8 Å². The predicted molar refractivity (Wildman–Crippen MR) is 97.4 cm³/mol. The molecule has 0 unspecified atom stereocenters. The molecule has 1 aromatic carbocycles. The normalized spacial score (nSPS) is 15.8. The fraction of sp³-hybridized carbons (Fsp3) is 0.263. The number of nitrogens with one attached hydrogen (secondary N) is 2. The monoisotopic (exact) mass is 338 g/mol. The number of aromatic nitrogens is 3. The Balaban J connectivity index is 1.70. The summed E-state index contributed by atoms with van der Waals surface area (Å²) < 4.78 is 0. The molecule has 0 atom stereocenters. The molecule has 24 heavy (non-hydrogen) atoms. The summed E-state index contributed by atoms with van der Waals surface area (Å²) in [7, 11) is 1.86. The van der Waals surface area contributed by atoms with E-state index in [0.29, 0.717) is 0 Å². The van der Waals surface area contributed by atoms with Crippen LogP contribution in [0.5, 0.6) is 0 Å². The average molecular weight is 339 g/mol. The molecule has 5 heteroatoms. The highest BCUT2D eigenvalue weighted by atomic mass is 35.5. The van der Waals surface area contributed by atoms with Gasteiger partial charge in [0.1, 0.15) is 11.6 Å². The zero-order valence-electron chi connectivity index (χ0n) is 13.5. The second-order valence-electron chi connectivity index (χ2n) is 6.27. The molecule has 0 saturated heterocycles. The SMILES string of the molecule is CNc1ccc(-c2ncc(C3(c4cccc(Cl)c4)CCC3)[nH]2)cn1. The number of imidazole rings is 1. The first kappa shape index (κ1) is 15.2. The number of hydrogen-bond donors (Lipinski definition) is 2. The van der Waals surface area contributed by atoms with Crippen LogP contribution in [0.25, 0.3) is 11.4 Å². The molecule has 0 spiro atoms. The molecule has 4 nitrogen and oxygen atoms in total. The number of hydrogen-bond acceptors (Lipinski definition) is 3. The van der Waals surface area contributed by atoms with Gasteiger partial charge >= 0.3 is 0 Å². The van der Waals surface area contributed by atoms with Crippen LogP contribution in [-0.4, -0.2) is 22.0 Å². The van der Waals surface area contributed by atoms with Crippen molar-refractivity contribution in [1.29, 1.82) is 0 Å². The Labute approximate surface area is 146 Å². The Bertz CT molecular complexity index is 850. The zero-order chi connectivity index (χ0) is 16.6. The predicted octanol–water partition coefficient (Wildman–Crippen LogP) is 4.64. The van der Waals surface area contributed by atoms with Crippen LogP contribution in [0, 0.1) is 0 Å². The molecule has 0 radical (unpaired) electrons. The molecule has 2 aromatic heterocycles. The van der Waals surface area contributed by atoms with Crippen molar-refractivity contribution in [2.75, 3.05) is 12.4 Å². The van der Waals surface area contributed by atoms with Gasteiger partial charge in [-0.05, 0) is 42.7 Å². The standard InChI is InChI=1S/C19H19ClN4/c1-21-17-7-6-13(11-22-17)18-23-12-16(24-18)19(8-3-9-19)14-4-2-5-15(20)10-14/h2,4-7,10-12H,3,8-9H2,1H3,(H,21,22)(H,23,24). The first-order valence-corrected chi connectivity index (χ1v) is 8.55. The van der Waals surface area contributed by atoms with E-state index in [1.54, 1.807) is 0 Å². The van der Waals surface area contributed by atoms with Crippen molar-refractivity contribution in [3.63, 3.8) is 0 Å². The molecule has 1 fully saturated rings. The summed E-state index contributed by atoms with van der Waals surface area (Å²) in [6, 6.07) is 12.2. The fourth-order valence-electron chi connectivity index (χ4n) is 3.42. The van der Waals surface area contributed by atoms with Gasteiger partial charge in [-0.25, -0.2) is 9.97 Å². The molecule has 2 heterocycles. The van der Waals surface area contributed by atoms with E-state index in [2.05, 4.69) is 32.4 Å². The molecular formula is C19H19ClN4. The summed E-state index contributed by atoms with van der Waals surface area (Å²) >= 11 is 6.21. The Hall–Kier alpha value is -2.33. The Morgan fingerprint density at radius 1 is 1.12 bits per heavy atom. The van der Waals surface area contributed by atoms with E-state index in [4.69, 9.17) is 11.6 Å². The lowest BCUT2D eigenvalue weighted by atomic mass is 9.63. The van der Waals surface area contributed by atoms with E-state index >= 15 is 0 Å². The average Bonchev–Trinajstić information content (AvgIpc) is 3.04. The summed E-state index contributed by atoms with van der Waals surface area (Å²) in [5.74, 6) is 1.70. The Kier molecular flexibility index (Phi) is 3.77. The van der Waals surface area contributed by atoms with E-state index in [1.807, 2.05) is 43.7 Å². The number of aromatic amines is 1. The fourth-order valence-corrected chi connectivity index (χ4v) is 3.61. The maximum atomic E-state index is 6.21. The molecule has 122 valence electrons. The second-order valence-corrected chi connectivity index (χ2v) is 6.71. The Morgan fingerprint density at radius 3 is 2.62 bits per heavy atom. The smallest absolute Gasteiger partial charge is 0.139 e. The lowest BCUT2D eigenvalue weighted by Gasteiger charge is -2.41. The molecule has 0 bridgehead atoms. The highest BCUT2D eigenvalue weighted by molar-refractivity contribution is 6.30. The van der Waals surface area contributed by atoms with Gasteiger partial charge in [0.05, 0.1) is 0 Å². The highest BCUT2D eigenvalue weighted by Gasteiger charge is 2.42. The largest absolute Gasteiger partial charge is 0.373 e. The van der Waals surface area contributed by atoms with E-state index in [9.17, 15) is 0 Å². The third kappa shape index (κ3) is 2.47. The minimum absolute atomic E-state index is 0.00843. The first-order chi connectivity index (χ1) is 11.7. The van der Waals surface area contributed by atoms with Crippen molar-refractivity contribution < 1.29 is 0 Å². The Morgan fingerprint density at radius 2 is 2.00 bits per heavy atom. The molecule has 4 rings (SSSR count). The van der Waals surface area contributed by atoms with Gasteiger partial charge in [0, 0.05) is 41.1 Å². The molecule has 1 aliphatic carbocycles. The van der Waals surface area contributed by atoms with Gasteiger partial charge in [-0.2, -0.15) is 0 Å². The molecule has 2 N–H and O–H groups in total. The summed E-state index contributed by atoms with van der Waals surface area (Å²) in [5.41, 5.74) is 3.42. The van der Waals surface area contributed by atoms with Crippen LogP contribution >= 0.6 is 11.6 Å². The van der Waals surface area contributed by atoms with E-state index in [1.165, 1.54) is 12.0 Å². The number of benzene rings is 1. The van der Waals surface area contributed by atoms with Crippen molar-refractivity contribution in [1.82, 2.24) is 15.0 Å². The van der Waals surface area contributed by atoms with Crippen molar-refractivity contribution in [3.05, 3.63) is 65.1 Å². The maximum Gasteiger partial charge on any atom is 0.139 e. The molecule has 0 aliphatic heterocycles. The van der Waals surface area contributed by atoms with Gasteiger partial charge in [0.15, 0.2) is 0 Å². The summed E-state index contributed by atoms with van der Waals surface area (Å²) in [6.07, 6.45) is 7.25. The highest BCUT2D eigenvalue weighted by Crippen LogP contribution is 2.49. The first-order valence-electron chi connectivity index (χ1n) is 8.17. The lowest BCUT2D eigenvalue weighted by molar-refractivity contribution is 0.295. The quantitative estimate of drug-likeness (QED) is 0.728. The van der Waals surface area contributed by atoms with Gasteiger partial charge in [0.25, 0.3) is 0 Å². The van der Waals surface area contributed by atoms with Gasteiger partial charge in [-0.3, -0.25) is 0 Å². The van der Waals surface area contributed by atoms with Gasteiger partial charge in [0.2, 0.25) is 0 Å². The van der Waals surface area contributed by atoms with Crippen molar-refractivity contribution >= 4 is 17.4 Å². The molecular weight excluding hydrogens is 320 g/mol. The van der Waals surface area contributed by atoms with Crippen LogP contribution in [0.1, 0.15) is 30.5 Å². The number of rotatable bonds is 4. The number of anilines is 1. The minimum Gasteiger partial charge on any atom is -0.373 e. The number of halogens is 1. The van der Waals surface area contributed by atoms with Crippen LogP contribution in [0.3, 0.4) is 0 Å². The van der Waals surface area contributed by atoms with Crippen LogP contribution in [0.4, 0.5) is 5.82 Å². The van der Waals surface area contributed by atoms with Crippen LogP contribution in [0.15, 0.2) is 48.8 Å². The number of nitrogens with zero attached hydrogens (tertiary/aromatic N) is 2. The van der Waals surface area contributed by atoms with Gasteiger partial charge in [-0.1, -0.05) is 30.2 Å². The van der Waals surface area contributed by atoms with Gasteiger partial charge < -0.3 is 10.3 Å². The lowest BCUT2D eigenvalue weighted by Crippen LogP contribution is -2.35. The van der Waals surface area contributed by atoms with Crippen molar-refractivity contribution in [2.45, 2.75) is 24.7 Å². The molecule has 3 aromatic rings. The summed E-state index contributed by atoms with van der Waals surface area (Å²) in [5, 5.41) is 3.81. The summed E-state index contributed by atoms with van der Waals surface area (Å²) in [6.45, 7) is 0. The van der Waals surface area contributed by atoms with E-state index in [-0.39, 0.29) is 5.41 Å². The molecule has 0 amide bonds. The number of H-pyrrole nitrogens is 1. The van der Waals surface area contributed by atoms with Crippen LogP contribution < -0.4 is 5.32 Å². The third-order valence-electron chi connectivity index (χ3n) is 4.97. The third-order valence-corrected chi connectivity index (χ3v) is 5.20. The van der Waals surface area contributed by atoms with Crippen molar-refractivity contribution in [2.24, 2.45) is 0 Å². The second kappa shape index (κ2) is 5.95. The van der Waals surface area contributed by atoms with Crippen LogP contribution in [-0.2, 0) is 5.41 Å². The van der Waals surface area contributed by atoms with Crippen molar-refractivity contribution in [3.8, 4) is 11.4 Å². The van der Waals surface area contributed by atoms with Crippen LogP contribution in [0.2, 0.25) is 5.02 Å². The molecule has 1 aliphatic rings.